The summed E-state index contributed by atoms with van der Waals surface area (Å²) in [6.07, 6.45) is -5.70. The molecule has 0 aromatic heterocycles. The molecule has 80 valence electrons. The Morgan fingerprint density at radius 3 is 2.23 bits per heavy atom. The van der Waals surface area contributed by atoms with Crippen LogP contribution in [0.2, 0.25) is 0 Å². The van der Waals surface area contributed by atoms with E-state index in [1.165, 1.54) is 0 Å². The van der Waals surface area contributed by atoms with Crippen molar-refractivity contribution in [2.24, 2.45) is 5.92 Å². The smallest absolute Gasteiger partial charge is 0.383 e. The molecule has 1 N–H and O–H groups in total. The van der Waals surface area contributed by atoms with Gasteiger partial charge in [-0.2, -0.15) is 24.9 Å². The minimum Gasteiger partial charge on any atom is -0.383 e. The zero-order valence-corrected chi connectivity index (χ0v) is 8.58. The zero-order valence-electron chi connectivity index (χ0n) is 7.77. The first-order valence-electron chi connectivity index (χ1n) is 4.20. The molecule has 0 bridgehead atoms. The van der Waals surface area contributed by atoms with Crippen LogP contribution >= 0.6 is 11.8 Å². The third-order valence-corrected chi connectivity index (χ3v) is 3.11. The summed E-state index contributed by atoms with van der Waals surface area (Å²) in [7, 11) is 0. The molecule has 2 atom stereocenters. The second-order valence-corrected chi connectivity index (χ2v) is 4.18. The van der Waals surface area contributed by atoms with E-state index in [-0.39, 0.29) is 5.75 Å². The zero-order chi connectivity index (χ0) is 10.5. The topological polar surface area (TPSA) is 20.2 Å². The highest BCUT2D eigenvalue weighted by atomic mass is 32.2. The van der Waals surface area contributed by atoms with Gasteiger partial charge in [-0.05, 0) is 11.7 Å². The largest absolute Gasteiger partial charge is 0.415 e. The molecule has 1 nitrogen and oxygen atoms in total. The first-order valence-corrected chi connectivity index (χ1v) is 5.36. The van der Waals surface area contributed by atoms with Gasteiger partial charge in [0.05, 0.1) is 0 Å². The monoisotopic (exact) mass is 216 g/mol. The molecule has 5 heteroatoms. The Kier molecular flexibility index (Phi) is 5.80. The van der Waals surface area contributed by atoms with Crippen LogP contribution in [0.4, 0.5) is 13.2 Å². The molecule has 2 unspecified atom stereocenters. The van der Waals surface area contributed by atoms with Crippen molar-refractivity contribution in [2.45, 2.75) is 32.5 Å². The lowest BCUT2D eigenvalue weighted by molar-refractivity contribution is -0.195. The first kappa shape index (κ1) is 13.1. The molecule has 0 amide bonds. The van der Waals surface area contributed by atoms with Crippen LogP contribution in [0.3, 0.4) is 0 Å². The third kappa shape index (κ3) is 6.21. The summed E-state index contributed by atoms with van der Waals surface area (Å²) in [6.45, 7) is 3.97. The van der Waals surface area contributed by atoms with Crippen molar-refractivity contribution >= 4 is 11.8 Å². The van der Waals surface area contributed by atoms with E-state index in [2.05, 4.69) is 0 Å². The predicted octanol–water partition coefficient (Wildman–Crippen LogP) is 2.69. The van der Waals surface area contributed by atoms with E-state index in [4.69, 9.17) is 5.11 Å². The molecule has 0 fully saturated rings. The van der Waals surface area contributed by atoms with E-state index in [9.17, 15) is 13.2 Å². The van der Waals surface area contributed by atoms with Crippen molar-refractivity contribution in [3.8, 4) is 0 Å². The molecule has 0 aromatic carbocycles. The molecule has 0 aliphatic carbocycles. The molecule has 13 heavy (non-hydrogen) atoms. The van der Waals surface area contributed by atoms with Crippen LogP contribution < -0.4 is 0 Å². The van der Waals surface area contributed by atoms with Crippen LogP contribution in [0.25, 0.3) is 0 Å². The maximum atomic E-state index is 11.8. The van der Waals surface area contributed by atoms with E-state index in [1.54, 1.807) is 0 Å². The van der Waals surface area contributed by atoms with Gasteiger partial charge in [0.1, 0.15) is 0 Å². The average molecular weight is 216 g/mol. The van der Waals surface area contributed by atoms with Crippen LogP contribution in [-0.2, 0) is 0 Å². The number of aliphatic hydroxyl groups excluding tert-OH is 1. The third-order valence-electron chi connectivity index (χ3n) is 1.75. The highest BCUT2D eigenvalue weighted by molar-refractivity contribution is 7.99. The fourth-order valence-electron chi connectivity index (χ4n) is 0.593. The fourth-order valence-corrected chi connectivity index (χ4v) is 1.78. The summed E-state index contributed by atoms with van der Waals surface area (Å²) in [6, 6.07) is 0. The summed E-state index contributed by atoms with van der Waals surface area (Å²) in [4.78, 5) is 0. The number of alkyl halides is 3. The van der Waals surface area contributed by atoms with E-state index in [0.29, 0.717) is 11.7 Å². The van der Waals surface area contributed by atoms with Crippen LogP contribution in [0, 0.1) is 5.92 Å². The maximum Gasteiger partial charge on any atom is 0.415 e. The minimum atomic E-state index is -4.47. The van der Waals surface area contributed by atoms with Crippen LogP contribution in [-0.4, -0.2) is 28.9 Å². The van der Waals surface area contributed by atoms with Crippen molar-refractivity contribution in [3.63, 3.8) is 0 Å². The number of halogens is 3. The lowest BCUT2D eigenvalue weighted by Crippen LogP contribution is -2.30. The minimum absolute atomic E-state index is 0.256. The van der Waals surface area contributed by atoms with E-state index in [1.807, 2.05) is 13.8 Å². The Morgan fingerprint density at radius 2 is 1.85 bits per heavy atom. The van der Waals surface area contributed by atoms with Gasteiger partial charge in [-0.3, -0.25) is 0 Å². The Labute approximate surface area is 80.7 Å². The Bertz CT molecular complexity index is 138. The number of hydrogen-bond donors (Lipinski definition) is 1. The predicted molar refractivity (Wildman–Crippen MR) is 48.8 cm³/mol. The van der Waals surface area contributed by atoms with Gasteiger partial charge in [-0.25, -0.2) is 0 Å². The van der Waals surface area contributed by atoms with Gasteiger partial charge in [0.25, 0.3) is 0 Å². The van der Waals surface area contributed by atoms with Gasteiger partial charge >= 0.3 is 6.18 Å². The lowest BCUT2D eigenvalue weighted by Gasteiger charge is -2.15. The molecule has 0 aromatic rings. The Balaban J connectivity index is 3.54. The van der Waals surface area contributed by atoms with Gasteiger partial charge in [0.2, 0.25) is 0 Å². The summed E-state index contributed by atoms with van der Waals surface area (Å²) in [5, 5.41) is 8.63. The molecule has 0 rings (SSSR count). The van der Waals surface area contributed by atoms with Crippen LogP contribution in [0.5, 0.6) is 0 Å². The van der Waals surface area contributed by atoms with Gasteiger partial charge < -0.3 is 5.11 Å². The van der Waals surface area contributed by atoms with E-state index in [0.717, 1.165) is 18.2 Å². The number of hydrogen-bond acceptors (Lipinski definition) is 2. The normalized spacial score (nSPS) is 17.1. The first-order chi connectivity index (χ1) is 5.88. The van der Waals surface area contributed by atoms with E-state index < -0.39 is 12.3 Å². The van der Waals surface area contributed by atoms with Gasteiger partial charge in [0, 0.05) is 5.75 Å². The number of aliphatic hydroxyl groups is 1. The maximum absolute atomic E-state index is 11.8. The lowest BCUT2D eigenvalue weighted by atomic mass is 10.2. The quantitative estimate of drug-likeness (QED) is 0.762. The molecule has 0 radical (unpaired) electrons. The standard InChI is InChI=1S/C8H15F3OS/c1-3-6(2)4-13-5-7(12)8(9,10)11/h6-7,12H,3-5H2,1-2H3. The van der Waals surface area contributed by atoms with Crippen molar-refractivity contribution in [3.05, 3.63) is 0 Å². The molecule has 0 saturated carbocycles. The summed E-state index contributed by atoms with van der Waals surface area (Å²) in [5.74, 6) is 0.822. The summed E-state index contributed by atoms with van der Waals surface area (Å²) in [5.41, 5.74) is 0. The molecular formula is C8H15F3OS. The number of rotatable bonds is 5. The van der Waals surface area contributed by atoms with Crippen molar-refractivity contribution < 1.29 is 18.3 Å². The van der Waals surface area contributed by atoms with E-state index >= 15 is 0 Å². The second-order valence-electron chi connectivity index (χ2n) is 3.11. The summed E-state index contributed by atoms with van der Waals surface area (Å²) < 4.78 is 35.4. The second kappa shape index (κ2) is 5.75. The SMILES string of the molecule is CCC(C)CSCC(O)C(F)(F)F. The molecule has 0 aliphatic heterocycles. The average Bonchev–Trinajstić information content (AvgIpc) is 2.02. The number of thioether (sulfide) groups is 1. The Hall–Kier alpha value is 0.100. The van der Waals surface area contributed by atoms with Crippen molar-refractivity contribution in [1.82, 2.24) is 0 Å². The van der Waals surface area contributed by atoms with Crippen LogP contribution in [0.1, 0.15) is 20.3 Å². The molecular weight excluding hydrogens is 201 g/mol. The summed E-state index contributed by atoms with van der Waals surface area (Å²) >= 11 is 1.15. The van der Waals surface area contributed by atoms with Gasteiger partial charge in [-0.1, -0.05) is 20.3 Å². The van der Waals surface area contributed by atoms with Gasteiger partial charge in [-0.15, -0.1) is 0 Å². The fraction of sp³-hybridized carbons (Fsp3) is 1.00. The molecule has 0 spiro atoms. The van der Waals surface area contributed by atoms with Crippen LogP contribution in [0.15, 0.2) is 0 Å². The molecule has 0 heterocycles. The van der Waals surface area contributed by atoms with Gasteiger partial charge in [0.15, 0.2) is 6.10 Å². The van der Waals surface area contributed by atoms with Crippen molar-refractivity contribution in [1.29, 1.82) is 0 Å². The van der Waals surface area contributed by atoms with Crippen molar-refractivity contribution in [2.75, 3.05) is 11.5 Å². The highest BCUT2D eigenvalue weighted by Gasteiger charge is 2.37. The Morgan fingerprint density at radius 1 is 1.31 bits per heavy atom. The molecule has 0 saturated heterocycles. The molecule has 0 aliphatic rings. The highest BCUT2D eigenvalue weighted by Crippen LogP contribution is 2.23.